The molecule has 1 heterocycles. The Morgan fingerprint density at radius 1 is 1.40 bits per heavy atom. The van der Waals surface area contributed by atoms with E-state index in [0.29, 0.717) is 0 Å². The van der Waals surface area contributed by atoms with Gasteiger partial charge in [-0.25, -0.2) is 17.9 Å². The van der Waals surface area contributed by atoms with Gasteiger partial charge < -0.3 is 15.3 Å². The summed E-state index contributed by atoms with van der Waals surface area (Å²) in [4.78, 5) is 10.5. The number of aromatic nitrogens is 2. The van der Waals surface area contributed by atoms with E-state index in [4.69, 9.17) is 5.11 Å². The maximum absolute atomic E-state index is 12.3. The second kappa shape index (κ2) is 5.87. The largest absolute Gasteiger partial charge is 0.476 e. The van der Waals surface area contributed by atoms with E-state index in [2.05, 4.69) is 14.9 Å². The SMILES string of the molecule is CCC(CO)(CO)NS(=O)(=O)c1c(C(=O)O)n[nH]c1C. The standard InChI is InChI=1S/C10H17N3O6S/c1-3-10(4-14,5-15)13-20(18,19)8-6(2)11-12-7(8)9(16)17/h13-15H,3-5H2,1-2H3,(H,11,12)(H,16,17). The number of hydrogen-bond acceptors (Lipinski definition) is 6. The van der Waals surface area contributed by atoms with Gasteiger partial charge in [0, 0.05) is 0 Å². The van der Waals surface area contributed by atoms with Crippen molar-refractivity contribution in [1.82, 2.24) is 14.9 Å². The van der Waals surface area contributed by atoms with E-state index in [1.54, 1.807) is 6.92 Å². The summed E-state index contributed by atoms with van der Waals surface area (Å²) in [5.74, 6) is -1.50. The number of rotatable bonds is 7. The number of H-pyrrole nitrogens is 1. The van der Waals surface area contributed by atoms with Crippen LogP contribution in [0, 0.1) is 6.92 Å². The van der Waals surface area contributed by atoms with Crippen molar-refractivity contribution in [3.8, 4) is 0 Å². The number of sulfonamides is 1. The zero-order valence-corrected chi connectivity index (χ0v) is 11.9. The van der Waals surface area contributed by atoms with Crippen LogP contribution in [0.5, 0.6) is 0 Å². The van der Waals surface area contributed by atoms with Crippen molar-refractivity contribution in [3.05, 3.63) is 11.4 Å². The molecule has 0 amide bonds. The number of aliphatic hydroxyl groups excluding tert-OH is 2. The summed E-state index contributed by atoms with van der Waals surface area (Å²) in [6.45, 7) is 1.69. The van der Waals surface area contributed by atoms with Crippen molar-refractivity contribution in [2.75, 3.05) is 13.2 Å². The maximum atomic E-state index is 12.3. The van der Waals surface area contributed by atoms with Crippen LogP contribution < -0.4 is 4.72 Å². The first-order valence-corrected chi connectivity index (χ1v) is 7.25. The summed E-state index contributed by atoms with van der Waals surface area (Å²) in [5.41, 5.74) is -2.05. The number of aliphatic hydroxyl groups is 2. The van der Waals surface area contributed by atoms with Crippen LogP contribution in [-0.4, -0.2) is 58.7 Å². The molecule has 0 radical (unpaired) electrons. The highest BCUT2D eigenvalue weighted by Gasteiger charge is 2.36. The fourth-order valence-corrected chi connectivity index (χ4v) is 3.42. The lowest BCUT2D eigenvalue weighted by molar-refractivity contribution is 0.0686. The van der Waals surface area contributed by atoms with Crippen molar-refractivity contribution in [1.29, 1.82) is 0 Å². The monoisotopic (exact) mass is 307 g/mol. The molecule has 114 valence electrons. The van der Waals surface area contributed by atoms with E-state index in [1.807, 2.05) is 0 Å². The van der Waals surface area contributed by atoms with E-state index in [-0.39, 0.29) is 12.1 Å². The van der Waals surface area contributed by atoms with Crippen LogP contribution in [0.1, 0.15) is 29.5 Å². The summed E-state index contributed by atoms with van der Waals surface area (Å²) in [6, 6.07) is 0. The lowest BCUT2D eigenvalue weighted by Crippen LogP contribution is -2.53. The average Bonchev–Trinajstić information content (AvgIpc) is 2.79. The Labute approximate surface area is 115 Å². The first-order chi connectivity index (χ1) is 9.23. The quantitative estimate of drug-likeness (QED) is 0.425. The number of aromatic carboxylic acids is 1. The lowest BCUT2D eigenvalue weighted by atomic mass is 10.0. The molecule has 0 aromatic carbocycles. The molecule has 0 aliphatic carbocycles. The number of hydrogen-bond donors (Lipinski definition) is 5. The number of carboxylic acids is 1. The maximum Gasteiger partial charge on any atom is 0.357 e. The summed E-state index contributed by atoms with van der Waals surface area (Å²) in [6.07, 6.45) is 0.124. The zero-order valence-electron chi connectivity index (χ0n) is 11.0. The van der Waals surface area contributed by atoms with E-state index < -0.39 is 45.3 Å². The summed E-state index contributed by atoms with van der Waals surface area (Å²) in [5, 5.41) is 33.2. The lowest BCUT2D eigenvalue weighted by Gasteiger charge is -2.29. The molecule has 0 bridgehead atoms. The Kier molecular flexibility index (Phi) is 4.86. The highest BCUT2D eigenvalue weighted by atomic mass is 32.2. The molecule has 0 atom stereocenters. The van der Waals surface area contributed by atoms with Gasteiger partial charge in [0.05, 0.1) is 24.4 Å². The number of aryl methyl sites for hydroxylation is 1. The van der Waals surface area contributed by atoms with Gasteiger partial charge in [-0.1, -0.05) is 6.92 Å². The van der Waals surface area contributed by atoms with Gasteiger partial charge in [0.25, 0.3) is 0 Å². The first-order valence-electron chi connectivity index (χ1n) is 5.77. The third kappa shape index (κ3) is 2.98. The Morgan fingerprint density at radius 2 is 1.95 bits per heavy atom. The predicted molar refractivity (Wildman–Crippen MR) is 67.8 cm³/mol. The van der Waals surface area contributed by atoms with Crippen LogP contribution in [0.25, 0.3) is 0 Å². The minimum Gasteiger partial charge on any atom is -0.476 e. The third-order valence-electron chi connectivity index (χ3n) is 3.00. The Hall–Kier alpha value is -1.49. The van der Waals surface area contributed by atoms with Crippen LogP contribution >= 0.6 is 0 Å². The Morgan fingerprint density at radius 3 is 2.35 bits per heavy atom. The van der Waals surface area contributed by atoms with Gasteiger partial charge in [0.2, 0.25) is 10.0 Å². The summed E-state index contributed by atoms with van der Waals surface area (Å²) in [7, 11) is -4.26. The molecule has 0 aliphatic heterocycles. The molecule has 0 fully saturated rings. The number of nitrogens with one attached hydrogen (secondary N) is 2. The molecule has 20 heavy (non-hydrogen) atoms. The van der Waals surface area contributed by atoms with Gasteiger partial charge in [-0.3, -0.25) is 5.10 Å². The van der Waals surface area contributed by atoms with Crippen LogP contribution in [-0.2, 0) is 10.0 Å². The molecule has 1 aromatic heterocycles. The van der Waals surface area contributed by atoms with Gasteiger partial charge in [0.15, 0.2) is 5.69 Å². The third-order valence-corrected chi connectivity index (χ3v) is 4.73. The molecule has 0 unspecified atom stereocenters. The smallest absolute Gasteiger partial charge is 0.357 e. The molecule has 0 aliphatic rings. The molecule has 0 saturated heterocycles. The molecule has 1 rings (SSSR count). The van der Waals surface area contributed by atoms with Crippen LogP contribution in [0.2, 0.25) is 0 Å². The number of carbonyl (C=O) groups is 1. The van der Waals surface area contributed by atoms with Gasteiger partial charge in [-0.15, -0.1) is 0 Å². The number of nitrogens with zero attached hydrogens (tertiary/aromatic N) is 1. The summed E-state index contributed by atoms with van der Waals surface area (Å²) < 4.78 is 26.7. The topological polar surface area (TPSA) is 153 Å². The van der Waals surface area contributed by atoms with E-state index in [9.17, 15) is 23.4 Å². The molecule has 0 spiro atoms. The van der Waals surface area contributed by atoms with E-state index in [1.165, 1.54) is 6.92 Å². The number of carboxylic acid groups (broad SMARTS) is 1. The Bertz CT molecular complexity index is 582. The molecule has 9 nitrogen and oxygen atoms in total. The van der Waals surface area contributed by atoms with Gasteiger partial charge in [-0.2, -0.15) is 5.10 Å². The summed E-state index contributed by atoms with van der Waals surface area (Å²) >= 11 is 0. The highest BCUT2D eigenvalue weighted by Crippen LogP contribution is 2.21. The van der Waals surface area contributed by atoms with E-state index in [0.717, 1.165) is 0 Å². The van der Waals surface area contributed by atoms with Gasteiger partial charge >= 0.3 is 5.97 Å². The van der Waals surface area contributed by atoms with E-state index >= 15 is 0 Å². The fourth-order valence-electron chi connectivity index (χ4n) is 1.64. The normalized spacial score (nSPS) is 12.6. The molecule has 5 N–H and O–H groups in total. The molecular weight excluding hydrogens is 290 g/mol. The second-order valence-electron chi connectivity index (χ2n) is 4.39. The van der Waals surface area contributed by atoms with Crippen molar-refractivity contribution < 1.29 is 28.5 Å². The minimum atomic E-state index is -4.26. The van der Waals surface area contributed by atoms with Gasteiger partial charge in [0.1, 0.15) is 4.90 Å². The van der Waals surface area contributed by atoms with Crippen LogP contribution in [0.3, 0.4) is 0 Å². The van der Waals surface area contributed by atoms with Gasteiger partial charge in [-0.05, 0) is 13.3 Å². The molecular formula is C10H17N3O6S. The van der Waals surface area contributed by atoms with Crippen molar-refractivity contribution >= 4 is 16.0 Å². The first kappa shape index (κ1) is 16.6. The molecule has 0 saturated carbocycles. The van der Waals surface area contributed by atoms with Crippen molar-refractivity contribution in [2.45, 2.75) is 30.7 Å². The van der Waals surface area contributed by atoms with Crippen molar-refractivity contribution in [2.24, 2.45) is 0 Å². The second-order valence-corrected chi connectivity index (χ2v) is 6.01. The highest BCUT2D eigenvalue weighted by molar-refractivity contribution is 7.89. The Balaban J connectivity index is 3.31. The average molecular weight is 307 g/mol. The fraction of sp³-hybridized carbons (Fsp3) is 0.600. The van der Waals surface area contributed by atoms with Crippen molar-refractivity contribution in [3.63, 3.8) is 0 Å². The molecule has 10 heteroatoms. The van der Waals surface area contributed by atoms with Crippen LogP contribution in [0.4, 0.5) is 0 Å². The number of aromatic amines is 1. The predicted octanol–water partition coefficient (Wildman–Crippen LogP) is -1.17. The minimum absolute atomic E-state index is 0.0517. The van der Waals surface area contributed by atoms with Crippen LogP contribution in [0.15, 0.2) is 4.90 Å². The zero-order chi connectivity index (χ0) is 15.6. The molecule has 1 aromatic rings.